The molecule has 2 fully saturated rings. The zero-order valence-corrected chi connectivity index (χ0v) is 14.7. The van der Waals surface area contributed by atoms with Gasteiger partial charge in [-0.2, -0.15) is 0 Å². The molecule has 2 heterocycles. The Morgan fingerprint density at radius 1 is 1.25 bits per heavy atom. The zero-order valence-electron chi connectivity index (χ0n) is 13.9. The van der Waals surface area contributed by atoms with Gasteiger partial charge in [-0.15, -0.1) is 0 Å². The van der Waals surface area contributed by atoms with Crippen molar-refractivity contribution in [3.63, 3.8) is 0 Å². The van der Waals surface area contributed by atoms with E-state index in [0.29, 0.717) is 36.5 Å². The molecule has 4 nitrogen and oxygen atoms in total. The molecule has 2 aliphatic heterocycles. The molecule has 0 unspecified atom stereocenters. The van der Waals surface area contributed by atoms with Gasteiger partial charge in [0.1, 0.15) is 5.75 Å². The molecule has 1 amide bonds. The fraction of sp³-hybridized carbons (Fsp3) is 0.632. The van der Waals surface area contributed by atoms with Crippen LogP contribution < -0.4 is 4.74 Å². The largest absolute Gasteiger partial charge is 0.462 e. The van der Waals surface area contributed by atoms with Gasteiger partial charge in [-0.05, 0) is 37.0 Å². The molecular weight excluding hydrogens is 326 g/mol. The van der Waals surface area contributed by atoms with E-state index in [2.05, 4.69) is 0 Å². The van der Waals surface area contributed by atoms with Crippen LogP contribution in [0.15, 0.2) is 18.2 Å². The normalized spacial score (nSPS) is 23.1. The molecule has 0 bridgehead atoms. The smallest absolute Gasteiger partial charge is 0.222 e. The first-order valence-electron chi connectivity index (χ1n) is 9.03. The summed E-state index contributed by atoms with van der Waals surface area (Å²) in [5.74, 6) is 1.19. The van der Waals surface area contributed by atoms with Gasteiger partial charge in [-0.25, -0.2) is 0 Å². The summed E-state index contributed by atoms with van der Waals surface area (Å²) >= 11 is 6.02. The standard InChI is InChI=1S/C19H24ClNO3/c20-16-5-6-17-15(12-16)13-23-19(24-17)7-9-21(10-8-19)18(22)11-14-3-1-2-4-14/h5-6,12,14H,1-4,7-11,13H2. The van der Waals surface area contributed by atoms with Crippen LogP contribution >= 0.6 is 11.6 Å². The molecule has 130 valence electrons. The van der Waals surface area contributed by atoms with Gasteiger partial charge in [-0.1, -0.05) is 24.4 Å². The molecule has 4 rings (SSSR count). The summed E-state index contributed by atoms with van der Waals surface area (Å²) in [5.41, 5.74) is 0.993. The molecule has 3 aliphatic rings. The molecule has 1 aromatic carbocycles. The van der Waals surface area contributed by atoms with Crippen LogP contribution in [0.4, 0.5) is 0 Å². The number of benzene rings is 1. The monoisotopic (exact) mass is 349 g/mol. The van der Waals surface area contributed by atoms with Crippen LogP contribution in [0.2, 0.25) is 5.02 Å². The maximum absolute atomic E-state index is 12.5. The molecule has 0 aromatic heterocycles. The van der Waals surface area contributed by atoms with Crippen molar-refractivity contribution in [3.05, 3.63) is 28.8 Å². The average Bonchev–Trinajstić information content (AvgIpc) is 3.09. The number of nitrogens with zero attached hydrogens (tertiary/aromatic N) is 1. The minimum Gasteiger partial charge on any atom is -0.462 e. The molecular formula is C19H24ClNO3. The highest BCUT2D eigenvalue weighted by Crippen LogP contribution is 2.38. The maximum atomic E-state index is 12.5. The second kappa shape index (κ2) is 6.57. The van der Waals surface area contributed by atoms with Crippen LogP contribution in [0.5, 0.6) is 5.75 Å². The van der Waals surface area contributed by atoms with Crippen molar-refractivity contribution in [2.75, 3.05) is 13.1 Å². The van der Waals surface area contributed by atoms with E-state index in [1.165, 1.54) is 25.7 Å². The Hall–Kier alpha value is -1.26. The van der Waals surface area contributed by atoms with E-state index < -0.39 is 5.79 Å². The number of piperidine rings is 1. The van der Waals surface area contributed by atoms with Gasteiger partial charge in [0.25, 0.3) is 0 Å². The van der Waals surface area contributed by atoms with E-state index in [1.807, 2.05) is 23.1 Å². The average molecular weight is 350 g/mol. The third kappa shape index (κ3) is 3.27. The molecule has 0 N–H and O–H groups in total. The van der Waals surface area contributed by atoms with E-state index in [1.54, 1.807) is 0 Å². The predicted molar refractivity (Wildman–Crippen MR) is 92.0 cm³/mol. The number of rotatable bonds is 2. The number of halogens is 1. The highest BCUT2D eigenvalue weighted by atomic mass is 35.5. The van der Waals surface area contributed by atoms with Crippen LogP contribution in [0.25, 0.3) is 0 Å². The Morgan fingerprint density at radius 3 is 2.75 bits per heavy atom. The lowest BCUT2D eigenvalue weighted by Gasteiger charge is -2.44. The lowest BCUT2D eigenvalue weighted by Crippen LogP contribution is -2.52. The van der Waals surface area contributed by atoms with Crippen molar-refractivity contribution in [1.82, 2.24) is 4.90 Å². The van der Waals surface area contributed by atoms with E-state index in [4.69, 9.17) is 21.1 Å². The van der Waals surface area contributed by atoms with E-state index in [9.17, 15) is 4.79 Å². The fourth-order valence-corrected chi connectivity index (χ4v) is 4.33. The Labute approximate surface area is 148 Å². The number of hydrogen-bond acceptors (Lipinski definition) is 3. The second-order valence-electron chi connectivity index (χ2n) is 7.29. The SMILES string of the molecule is O=C(CC1CCCC1)N1CCC2(CC1)OCc1cc(Cl)ccc1O2. The third-order valence-electron chi connectivity index (χ3n) is 5.63. The lowest BCUT2D eigenvalue weighted by atomic mass is 9.99. The van der Waals surface area contributed by atoms with Gasteiger partial charge in [0.2, 0.25) is 11.7 Å². The molecule has 1 aromatic rings. The molecule has 5 heteroatoms. The third-order valence-corrected chi connectivity index (χ3v) is 5.86. The van der Waals surface area contributed by atoms with Gasteiger partial charge in [0.15, 0.2) is 0 Å². The number of carbonyl (C=O) groups is 1. The van der Waals surface area contributed by atoms with Crippen LogP contribution in [0.3, 0.4) is 0 Å². The number of carbonyl (C=O) groups excluding carboxylic acids is 1. The number of hydrogen-bond donors (Lipinski definition) is 0. The van der Waals surface area contributed by atoms with Gasteiger partial charge >= 0.3 is 0 Å². The maximum Gasteiger partial charge on any atom is 0.222 e. The number of ether oxygens (including phenoxy) is 2. The summed E-state index contributed by atoms with van der Waals surface area (Å²) < 4.78 is 12.2. The number of fused-ring (bicyclic) bond motifs is 1. The minimum atomic E-state index is -0.578. The first kappa shape index (κ1) is 16.2. The zero-order chi connectivity index (χ0) is 16.6. The van der Waals surface area contributed by atoms with Crippen LogP contribution in [-0.4, -0.2) is 29.7 Å². The molecule has 0 radical (unpaired) electrons. The first-order chi connectivity index (χ1) is 11.6. The van der Waals surface area contributed by atoms with Gasteiger partial charge < -0.3 is 14.4 Å². The minimum absolute atomic E-state index is 0.305. The Bertz CT molecular complexity index is 619. The van der Waals surface area contributed by atoms with Crippen molar-refractivity contribution in [1.29, 1.82) is 0 Å². The van der Waals surface area contributed by atoms with Crippen LogP contribution in [-0.2, 0) is 16.1 Å². The summed E-state index contributed by atoms with van der Waals surface area (Å²) in [4.78, 5) is 14.5. The molecule has 1 spiro atoms. The van der Waals surface area contributed by atoms with Crippen LogP contribution in [0, 0.1) is 5.92 Å². The van der Waals surface area contributed by atoms with E-state index in [0.717, 1.165) is 30.6 Å². The highest BCUT2D eigenvalue weighted by Gasteiger charge is 2.42. The first-order valence-corrected chi connectivity index (χ1v) is 9.41. The van der Waals surface area contributed by atoms with Crippen molar-refractivity contribution in [3.8, 4) is 5.75 Å². The Balaban J connectivity index is 1.35. The Kier molecular flexibility index (Phi) is 4.44. The fourth-order valence-electron chi connectivity index (χ4n) is 4.13. The van der Waals surface area contributed by atoms with Crippen molar-refractivity contribution in [2.24, 2.45) is 5.92 Å². The summed E-state index contributed by atoms with van der Waals surface area (Å²) in [6, 6.07) is 5.66. The highest BCUT2D eigenvalue weighted by molar-refractivity contribution is 6.30. The lowest BCUT2D eigenvalue weighted by molar-refractivity contribution is -0.227. The molecule has 1 aliphatic carbocycles. The predicted octanol–water partition coefficient (Wildman–Crippen LogP) is 4.15. The molecule has 24 heavy (non-hydrogen) atoms. The van der Waals surface area contributed by atoms with Crippen molar-refractivity contribution in [2.45, 2.75) is 57.3 Å². The summed E-state index contributed by atoms with van der Waals surface area (Å²) in [5, 5.41) is 0.698. The van der Waals surface area contributed by atoms with Gasteiger partial charge in [0, 0.05) is 42.9 Å². The van der Waals surface area contributed by atoms with E-state index >= 15 is 0 Å². The van der Waals surface area contributed by atoms with Crippen LogP contribution in [0.1, 0.15) is 50.5 Å². The number of amides is 1. The van der Waals surface area contributed by atoms with Gasteiger partial charge in [0.05, 0.1) is 6.61 Å². The number of likely N-dealkylation sites (tertiary alicyclic amines) is 1. The van der Waals surface area contributed by atoms with Crippen molar-refractivity contribution >= 4 is 17.5 Å². The summed E-state index contributed by atoms with van der Waals surface area (Å²) in [6.07, 6.45) is 7.18. The topological polar surface area (TPSA) is 38.8 Å². The second-order valence-corrected chi connectivity index (χ2v) is 7.73. The molecule has 1 saturated carbocycles. The molecule has 1 saturated heterocycles. The molecule has 0 atom stereocenters. The van der Waals surface area contributed by atoms with Crippen molar-refractivity contribution < 1.29 is 14.3 Å². The van der Waals surface area contributed by atoms with E-state index in [-0.39, 0.29) is 0 Å². The summed E-state index contributed by atoms with van der Waals surface area (Å²) in [6.45, 7) is 1.95. The van der Waals surface area contributed by atoms with Gasteiger partial charge in [-0.3, -0.25) is 4.79 Å². The summed E-state index contributed by atoms with van der Waals surface area (Å²) in [7, 11) is 0. The Morgan fingerprint density at radius 2 is 2.00 bits per heavy atom. The quantitative estimate of drug-likeness (QED) is 0.805.